The zero-order valence-corrected chi connectivity index (χ0v) is 14.9. The number of nitrogens with zero attached hydrogens (tertiary/aromatic N) is 3. The summed E-state index contributed by atoms with van der Waals surface area (Å²) >= 11 is 0. The van der Waals surface area contributed by atoms with Crippen LogP contribution in [0.1, 0.15) is 70.0 Å². The molecule has 0 radical (unpaired) electrons. The molecule has 0 aromatic carbocycles. The number of hydrogen-bond donors (Lipinski definition) is 1. The van der Waals surface area contributed by atoms with Crippen LogP contribution in [0.2, 0.25) is 0 Å². The van der Waals surface area contributed by atoms with E-state index in [1.807, 2.05) is 13.8 Å². The molecule has 1 saturated carbocycles. The van der Waals surface area contributed by atoms with Gasteiger partial charge in [-0.1, -0.05) is 31.8 Å². The summed E-state index contributed by atoms with van der Waals surface area (Å²) in [6, 6.07) is 0.304. The van der Waals surface area contributed by atoms with Crippen molar-refractivity contribution in [3.05, 3.63) is 11.7 Å². The van der Waals surface area contributed by atoms with Crippen LogP contribution in [0.3, 0.4) is 0 Å². The first-order valence-corrected chi connectivity index (χ1v) is 8.81. The molecule has 1 aliphatic carbocycles. The smallest absolute Gasteiger partial charge is 0.229 e. The van der Waals surface area contributed by atoms with Crippen LogP contribution in [-0.2, 0) is 16.0 Å². The molecule has 1 heterocycles. The van der Waals surface area contributed by atoms with Crippen molar-refractivity contribution in [3.63, 3.8) is 0 Å². The summed E-state index contributed by atoms with van der Waals surface area (Å²) < 4.78 is 5.14. The van der Waals surface area contributed by atoms with Gasteiger partial charge in [-0.15, -0.1) is 0 Å². The van der Waals surface area contributed by atoms with Gasteiger partial charge in [-0.05, 0) is 12.8 Å². The van der Waals surface area contributed by atoms with Gasteiger partial charge in [0, 0.05) is 44.8 Å². The maximum Gasteiger partial charge on any atom is 0.229 e. The van der Waals surface area contributed by atoms with E-state index in [4.69, 9.17) is 4.52 Å². The molecule has 1 aromatic heterocycles. The van der Waals surface area contributed by atoms with Crippen LogP contribution >= 0.6 is 0 Å². The Balaban J connectivity index is 1.66. The molecule has 0 saturated heterocycles. The van der Waals surface area contributed by atoms with Gasteiger partial charge in [0.2, 0.25) is 17.7 Å². The van der Waals surface area contributed by atoms with Crippen LogP contribution in [0.15, 0.2) is 4.52 Å². The minimum atomic E-state index is -0.0378. The Morgan fingerprint density at radius 2 is 2.00 bits per heavy atom. The van der Waals surface area contributed by atoms with Gasteiger partial charge in [-0.3, -0.25) is 9.59 Å². The van der Waals surface area contributed by atoms with Gasteiger partial charge in [0.05, 0.1) is 0 Å². The van der Waals surface area contributed by atoms with Crippen molar-refractivity contribution >= 4 is 11.8 Å². The van der Waals surface area contributed by atoms with Gasteiger partial charge < -0.3 is 14.7 Å². The SMILES string of the molecule is CC(C)c1nc(CCN(C)C(=O)CCC(=O)NC2CCCC2)no1. The summed E-state index contributed by atoms with van der Waals surface area (Å²) in [5.74, 6) is 1.36. The Morgan fingerprint density at radius 1 is 1.29 bits per heavy atom. The van der Waals surface area contributed by atoms with Gasteiger partial charge >= 0.3 is 0 Å². The molecule has 0 atom stereocenters. The molecule has 24 heavy (non-hydrogen) atoms. The number of hydrogen-bond acceptors (Lipinski definition) is 5. The van der Waals surface area contributed by atoms with Crippen LogP contribution < -0.4 is 5.32 Å². The van der Waals surface area contributed by atoms with Crippen molar-refractivity contribution in [2.24, 2.45) is 0 Å². The highest BCUT2D eigenvalue weighted by Gasteiger charge is 2.18. The molecular weight excluding hydrogens is 308 g/mol. The van der Waals surface area contributed by atoms with Crippen molar-refractivity contribution in [1.82, 2.24) is 20.4 Å². The fourth-order valence-electron chi connectivity index (χ4n) is 2.78. The van der Waals surface area contributed by atoms with Gasteiger partial charge in [0.1, 0.15) is 0 Å². The van der Waals surface area contributed by atoms with E-state index >= 15 is 0 Å². The second-order valence-corrected chi connectivity index (χ2v) is 6.82. The topological polar surface area (TPSA) is 88.3 Å². The van der Waals surface area contributed by atoms with Crippen LogP contribution in [0, 0.1) is 0 Å². The number of rotatable bonds is 8. The lowest BCUT2D eigenvalue weighted by Crippen LogP contribution is -2.34. The highest BCUT2D eigenvalue weighted by molar-refractivity contribution is 5.83. The first-order valence-electron chi connectivity index (χ1n) is 8.81. The molecule has 1 N–H and O–H groups in total. The highest BCUT2D eigenvalue weighted by atomic mass is 16.5. The molecule has 2 amide bonds. The maximum atomic E-state index is 12.1. The van der Waals surface area contributed by atoms with Crippen molar-refractivity contribution in [2.45, 2.75) is 70.8 Å². The summed E-state index contributed by atoms with van der Waals surface area (Å²) in [5.41, 5.74) is 0. The average molecular weight is 336 g/mol. The van der Waals surface area contributed by atoms with E-state index in [0.29, 0.717) is 30.7 Å². The second kappa shape index (κ2) is 8.80. The maximum absolute atomic E-state index is 12.1. The normalized spacial score (nSPS) is 15.0. The number of nitrogens with one attached hydrogen (secondary N) is 1. The van der Waals surface area contributed by atoms with E-state index in [0.717, 1.165) is 12.8 Å². The van der Waals surface area contributed by atoms with Crippen LogP contribution in [0.5, 0.6) is 0 Å². The minimum Gasteiger partial charge on any atom is -0.353 e. The molecule has 134 valence electrons. The van der Waals surface area contributed by atoms with Gasteiger partial charge in [-0.25, -0.2) is 0 Å². The Hall–Kier alpha value is -1.92. The van der Waals surface area contributed by atoms with Gasteiger partial charge in [-0.2, -0.15) is 4.98 Å². The summed E-state index contributed by atoms with van der Waals surface area (Å²) in [6.07, 6.45) is 5.51. The Kier molecular flexibility index (Phi) is 6.75. The third-order valence-electron chi connectivity index (χ3n) is 4.36. The van der Waals surface area contributed by atoms with E-state index in [-0.39, 0.29) is 30.6 Å². The fourth-order valence-corrected chi connectivity index (χ4v) is 2.78. The van der Waals surface area contributed by atoms with Crippen molar-refractivity contribution in [2.75, 3.05) is 13.6 Å². The average Bonchev–Trinajstić information content (AvgIpc) is 3.21. The number of likely N-dealkylation sites (N-methyl/N-ethyl adjacent to an activating group) is 1. The number of amides is 2. The molecule has 1 fully saturated rings. The molecule has 2 rings (SSSR count). The highest BCUT2D eigenvalue weighted by Crippen LogP contribution is 2.17. The first kappa shape index (κ1) is 18.4. The predicted octanol–water partition coefficient (Wildman–Crippen LogP) is 2.03. The first-order chi connectivity index (χ1) is 11.5. The quantitative estimate of drug-likeness (QED) is 0.785. The van der Waals surface area contributed by atoms with Crippen LogP contribution in [-0.4, -0.2) is 46.5 Å². The third-order valence-corrected chi connectivity index (χ3v) is 4.36. The number of carbonyl (C=O) groups is 2. The second-order valence-electron chi connectivity index (χ2n) is 6.82. The molecule has 0 spiro atoms. The monoisotopic (exact) mass is 336 g/mol. The van der Waals surface area contributed by atoms with E-state index in [2.05, 4.69) is 15.5 Å². The molecule has 0 unspecified atom stereocenters. The zero-order chi connectivity index (χ0) is 17.5. The lowest BCUT2D eigenvalue weighted by Gasteiger charge is -2.16. The predicted molar refractivity (Wildman–Crippen MR) is 89.4 cm³/mol. The molecule has 1 aromatic rings. The van der Waals surface area contributed by atoms with E-state index < -0.39 is 0 Å². The molecule has 0 aliphatic heterocycles. The molecule has 7 heteroatoms. The molecule has 1 aliphatic rings. The van der Waals surface area contributed by atoms with Crippen molar-refractivity contribution < 1.29 is 14.1 Å². The van der Waals surface area contributed by atoms with E-state index in [1.54, 1.807) is 11.9 Å². The minimum absolute atomic E-state index is 0.0246. The zero-order valence-electron chi connectivity index (χ0n) is 14.9. The van der Waals surface area contributed by atoms with E-state index in [1.165, 1.54) is 12.8 Å². The fraction of sp³-hybridized carbons (Fsp3) is 0.765. The standard InChI is InChI=1S/C17H28N4O3/c1-12(2)17-19-14(20-24-17)10-11-21(3)16(23)9-8-15(22)18-13-6-4-5-7-13/h12-13H,4-11H2,1-3H3,(H,18,22). The van der Waals surface area contributed by atoms with Crippen molar-refractivity contribution in [3.8, 4) is 0 Å². The summed E-state index contributed by atoms with van der Waals surface area (Å²) in [5, 5.41) is 6.91. The lowest BCUT2D eigenvalue weighted by atomic mass is 10.2. The van der Waals surface area contributed by atoms with E-state index in [9.17, 15) is 9.59 Å². The Labute approximate surface area is 143 Å². The third kappa shape index (κ3) is 5.62. The number of carbonyl (C=O) groups excluding carboxylic acids is 2. The van der Waals surface area contributed by atoms with Gasteiger partial charge in [0.25, 0.3) is 0 Å². The van der Waals surface area contributed by atoms with Crippen LogP contribution in [0.4, 0.5) is 0 Å². The summed E-state index contributed by atoms with van der Waals surface area (Å²) in [4.78, 5) is 29.9. The lowest BCUT2D eigenvalue weighted by molar-refractivity contribution is -0.132. The summed E-state index contributed by atoms with van der Waals surface area (Å²) in [7, 11) is 1.74. The Bertz CT molecular complexity index is 550. The molecule has 0 bridgehead atoms. The summed E-state index contributed by atoms with van der Waals surface area (Å²) in [6.45, 7) is 4.49. The molecule has 7 nitrogen and oxygen atoms in total. The van der Waals surface area contributed by atoms with Crippen molar-refractivity contribution in [1.29, 1.82) is 0 Å². The Morgan fingerprint density at radius 3 is 2.62 bits per heavy atom. The van der Waals surface area contributed by atoms with Crippen LogP contribution in [0.25, 0.3) is 0 Å². The molecular formula is C17H28N4O3. The largest absolute Gasteiger partial charge is 0.353 e. The van der Waals surface area contributed by atoms with Gasteiger partial charge in [0.15, 0.2) is 5.82 Å². The number of aromatic nitrogens is 2.